The van der Waals surface area contributed by atoms with Crippen molar-refractivity contribution < 1.29 is 14.6 Å². The second kappa shape index (κ2) is 7.71. The molecule has 0 spiro atoms. The van der Waals surface area contributed by atoms with E-state index in [1.54, 1.807) is 29.6 Å². The molecule has 1 amide bonds. The van der Waals surface area contributed by atoms with Crippen molar-refractivity contribution in [3.63, 3.8) is 0 Å². The molecule has 2 bridgehead atoms. The molecule has 168 valence electrons. The first-order valence-corrected chi connectivity index (χ1v) is 10.9. The average Bonchev–Trinajstić information content (AvgIpc) is 3.48. The highest BCUT2D eigenvalue weighted by Crippen LogP contribution is 2.49. The van der Waals surface area contributed by atoms with E-state index in [0.717, 1.165) is 5.56 Å². The number of hydrogen-bond donors (Lipinski definition) is 1. The van der Waals surface area contributed by atoms with E-state index in [1.807, 2.05) is 30.3 Å². The van der Waals surface area contributed by atoms with E-state index in [1.165, 1.54) is 10.6 Å². The number of likely N-dealkylation sites (tertiary alicyclic amines) is 1. The summed E-state index contributed by atoms with van der Waals surface area (Å²) in [7, 11) is 1.58. The Kier molecular flexibility index (Phi) is 4.94. The minimum Gasteiger partial charge on any atom is -0.497 e. The van der Waals surface area contributed by atoms with Gasteiger partial charge in [0.1, 0.15) is 17.5 Å². The van der Waals surface area contributed by atoms with Crippen LogP contribution in [0, 0.1) is 18.3 Å². The summed E-state index contributed by atoms with van der Waals surface area (Å²) >= 11 is 6.29. The summed E-state index contributed by atoms with van der Waals surface area (Å²) in [6, 6.07) is 11.9. The molecular weight excluding hydrogens is 444 g/mol. The van der Waals surface area contributed by atoms with Crippen molar-refractivity contribution >= 4 is 17.5 Å². The Balaban J connectivity index is 1.50. The fourth-order valence-electron chi connectivity index (χ4n) is 5.00. The molecule has 1 saturated heterocycles. The second-order valence-corrected chi connectivity index (χ2v) is 8.74. The zero-order valence-electron chi connectivity index (χ0n) is 18.1. The molecule has 9 heteroatoms. The van der Waals surface area contributed by atoms with Gasteiger partial charge in [0.05, 0.1) is 41.9 Å². The maximum absolute atomic E-state index is 13.3. The van der Waals surface area contributed by atoms with Crippen molar-refractivity contribution in [1.29, 1.82) is 5.26 Å². The summed E-state index contributed by atoms with van der Waals surface area (Å²) in [6.07, 6.45) is 0.798. The third kappa shape index (κ3) is 3.11. The van der Waals surface area contributed by atoms with Crippen molar-refractivity contribution in [2.45, 2.75) is 31.8 Å². The van der Waals surface area contributed by atoms with Crippen LogP contribution in [0.25, 0.3) is 5.69 Å². The van der Waals surface area contributed by atoms with Crippen molar-refractivity contribution in [3.8, 4) is 23.4 Å². The number of carbonyl (C=O) groups excluding carboxylic acids is 1. The van der Waals surface area contributed by atoms with Crippen LogP contribution in [-0.4, -0.2) is 38.7 Å². The largest absolute Gasteiger partial charge is 0.497 e. The van der Waals surface area contributed by atoms with E-state index in [2.05, 4.69) is 0 Å². The van der Waals surface area contributed by atoms with E-state index < -0.39 is 0 Å². The van der Waals surface area contributed by atoms with E-state index >= 15 is 0 Å². The summed E-state index contributed by atoms with van der Waals surface area (Å²) in [5, 5.41) is 20.5. The fourth-order valence-corrected chi connectivity index (χ4v) is 5.20. The molecule has 0 saturated carbocycles. The molecule has 2 aromatic carbocycles. The van der Waals surface area contributed by atoms with Crippen LogP contribution in [0.4, 0.5) is 0 Å². The summed E-state index contributed by atoms with van der Waals surface area (Å²) in [5.41, 5.74) is 2.14. The number of fused-ring (bicyclic) bond motifs is 5. The van der Waals surface area contributed by atoms with Crippen molar-refractivity contribution in [2.75, 3.05) is 13.7 Å². The third-order valence-corrected chi connectivity index (χ3v) is 7.07. The predicted molar refractivity (Wildman–Crippen MR) is 121 cm³/mol. The molecule has 5 rings (SSSR count). The number of benzene rings is 2. The normalized spacial score (nSPS) is 18.3. The number of rotatable bonds is 4. The lowest BCUT2D eigenvalue weighted by atomic mass is 10.1. The van der Waals surface area contributed by atoms with Crippen molar-refractivity contribution in [1.82, 2.24) is 14.0 Å². The molecule has 3 heterocycles. The van der Waals surface area contributed by atoms with Crippen molar-refractivity contribution in [3.05, 3.63) is 74.3 Å². The smallest absolute Gasteiger partial charge is 0.336 e. The molecule has 2 unspecified atom stereocenters. The molecule has 2 aliphatic heterocycles. The van der Waals surface area contributed by atoms with Gasteiger partial charge in [0.25, 0.3) is 0 Å². The highest BCUT2D eigenvalue weighted by molar-refractivity contribution is 6.32. The molecule has 2 atom stereocenters. The number of aromatic nitrogens is 2. The van der Waals surface area contributed by atoms with Crippen LogP contribution in [-0.2, 0) is 11.2 Å². The Hall–Kier alpha value is -3.70. The van der Waals surface area contributed by atoms with E-state index in [9.17, 15) is 20.0 Å². The first-order valence-electron chi connectivity index (χ1n) is 10.5. The van der Waals surface area contributed by atoms with Crippen LogP contribution in [0.1, 0.15) is 40.9 Å². The summed E-state index contributed by atoms with van der Waals surface area (Å²) < 4.78 is 8.04. The van der Waals surface area contributed by atoms with Gasteiger partial charge in [-0.15, -0.1) is 0 Å². The van der Waals surface area contributed by atoms with E-state index in [4.69, 9.17) is 16.3 Å². The van der Waals surface area contributed by atoms with Crippen molar-refractivity contribution in [2.24, 2.45) is 0 Å². The topological polar surface area (TPSA) is 100 Å². The predicted octanol–water partition coefficient (Wildman–Crippen LogP) is 3.26. The van der Waals surface area contributed by atoms with Gasteiger partial charge in [0, 0.05) is 6.54 Å². The highest BCUT2D eigenvalue weighted by atomic mass is 35.5. The summed E-state index contributed by atoms with van der Waals surface area (Å²) in [4.78, 5) is 28.1. The number of aromatic hydroxyl groups is 1. The number of imidazole rings is 1. The van der Waals surface area contributed by atoms with Gasteiger partial charge in [-0.3, -0.25) is 9.36 Å². The fraction of sp³-hybridized carbons (Fsp3) is 0.292. The number of ether oxygens (including phenoxy) is 1. The van der Waals surface area contributed by atoms with Gasteiger partial charge in [-0.25, -0.2) is 9.36 Å². The number of carbonyl (C=O) groups is 1. The Morgan fingerprint density at radius 3 is 2.85 bits per heavy atom. The first-order chi connectivity index (χ1) is 15.8. The van der Waals surface area contributed by atoms with Gasteiger partial charge in [-0.2, -0.15) is 5.26 Å². The Bertz CT molecular complexity index is 1400. The van der Waals surface area contributed by atoms with Gasteiger partial charge in [-0.05, 0) is 48.7 Å². The minimum atomic E-state index is -0.379. The van der Waals surface area contributed by atoms with Crippen LogP contribution in [0.15, 0.2) is 41.2 Å². The molecular formula is C24H21ClN4O4. The number of hydrogen-bond acceptors (Lipinski definition) is 5. The molecule has 0 radical (unpaired) electrons. The number of nitriles is 1. The second-order valence-electron chi connectivity index (χ2n) is 8.36. The molecule has 1 aromatic heterocycles. The summed E-state index contributed by atoms with van der Waals surface area (Å²) in [6.45, 7) is 2.11. The number of amides is 1. The first kappa shape index (κ1) is 21.2. The Morgan fingerprint density at radius 1 is 1.33 bits per heavy atom. The number of methoxy groups -OCH3 is 1. The highest BCUT2D eigenvalue weighted by Gasteiger charge is 2.49. The SMILES string of the molecule is COc1cccc(CC(=O)N2CC3CC2c2c(O)n(-c4ccc(C#N)c(Cl)c4C)c(=O)n23)c1. The van der Waals surface area contributed by atoms with Crippen LogP contribution >= 0.6 is 11.6 Å². The molecule has 2 aliphatic rings. The number of nitrogens with zero attached hydrogens (tertiary/aromatic N) is 4. The molecule has 0 aliphatic carbocycles. The van der Waals surface area contributed by atoms with Crippen LogP contribution < -0.4 is 10.4 Å². The van der Waals surface area contributed by atoms with E-state index in [-0.39, 0.29) is 41.0 Å². The van der Waals surface area contributed by atoms with Gasteiger partial charge >= 0.3 is 5.69 Å². The Labute approximate surface area is 194 Å². The van der Waals surface area contributed by atoms with Crippen LogP contribution in [0.3, 0.4) is 0 Å². The zero-order chi connectivity index (χ0) is 23.4. The zero-order valence-corrected chi connectivity index (χ0v) is 18.8. The standard InChI is InChI=1S/C24H21ClN4O4/c1-13-18(7-6-15(11-26)21(13)25)29-23(31)22-19-10-16(28(22)24(29)32)12-27(19)20(30)9-14-4-3-5-17(8-14)33-2/h3-8,16,19,31H,9-10,12H2,1-2H3. The van der Waals surface area contributed by atoms with Gasteiger partial charge < -0.3 is 14.7 Å². The maximum atomic E-state index is 13.3. The van der Waals surface area contributed by atoms with Crippen LogP contribution in [0.5, 0.6) is 11.6 Å². The number of halogens is 1. The van der Waals surface area contributed by atoms with Gasteiger partial charge in [0.15, 0.2) is 0 Å². The molecule has 3 aromatic rings. The minimum absolute atomic E-state index is 0.0702. The monoisotopic (exact) mass is 464 g/mol. The molecule has 8 nitrogen and oxygen atoms in total. The maximum Gasteiger partial charge on any atom is 0.336 e. The lowest BCUT2D eigenvalue weighted by Gasteiger charge is -2.27. The lowest BCUT2D eigenvalue weighted by Crippen LogP contribution is -2.38. The molecule has 33 heavy (non-hydrogen) atoms. The van der Waals surface area contributed by atoms with E-state index in [0.29, 0.717) is 41.2 Å². The lowest BCUT2D eigenvalue weighted by molar-refractivity contribution is -0.132. The average molecular weight is 465 g/mol. The third-order valence-electron chi connectivity index (χ3n) is 6.59. The van der Waals surface area contributed by atoms with Crippen LogP contribution in [0.2, 0.25) is 5.02 Å². The molecule has 1 fully saturated rings. The summed E-state index contributed by atoms with van der Waals surface area (Å²) in [5.74, 6) is 0.415. The van der Waals surface area contributed by atoms with Gasteiger partial charge in [0.2, 0.25) is 11.8 Å². The van der Waals surface area contributed by atoms with Gasteiger partial charge in [-0.1, -0.05) is 23.7 Å². The Morgan fingerprint density at radius 2 is 2.12 bits per heavy atom. The molecule has 1 N–H and O–H groups in total. The quantitative estimate of drug-likeness (QED) is 0.638.